The van der Waals surface area contributed by atoms with Crippen molar-refractivity contribution in [2.45, 2.75) is 39.3 Å². The summed E-state index contributed by atoms with van der Waals surface area (Å²) in [6.45, 7) is 5.62. The average Bonchev–Trinajstić information content (AvgIpc) is 3.46. The molecule has 4 rings (SSSR count). The molecular weight excluding hydrogens is 446 g/mol. The average molecular weight is 480 g/mol. The van der Waals surface area contributed by atoms with E-state index < -0.39 is 6.04 Å². The molecule has 0 unspecified atom stereocenters. The van der Waals surface area contributed by atoms with Crippen molar-refractivity contribution in [2.75, 3.05) is 32.2 Å². The number of nitrogens with zero attached hydrogens (tertiary/aromatic N) is 3. The van der Waals surface area contributed by atoms with Crippen molar-refractivity contribution in [2.24, 2.45) is 5.92 Å². The van der Waals surface area contributed by atoms with Gasteiger partial charge >= 0.3 is 6.03 Å². The Bertz CT molecular complexity index is 1210. The number of hydrogen-bond acceptors (Lipinski definition) is 5. The van der Waals surface area contributed by atoms with Crippen LogP contribution in [0.15, 0.2) is 42.5 Å². The molecule has 0 aliphatic carbocycles. The van der Waals surface area contributed by atoms with Crippen molar-refractivity contribution in [1.82, 2.24) is 20.2 Å². The number of amides is 3. The summed E-state index contributed by atoms with van der Waals surface area (Å²) in [4.78, 5) is 32.5. The number of carbonyl (C=O) groups is 2. The quantitative estimate of drug-likeness (QED) is 0.491. The molecule has 0 saturated carbocycles. The first-order valence-electron chi connectivity index (χ1n) is 12.0. The smallest absolute Gasteiger partial charge is 0.324 e. The molecule has 35 heavy (non-hydrogen) atoms. The lowest BCUT2D eigenvalue weighted by Gasteiger charge is -2.26. The Hall–Kier alpha value is -3.75. The Morgan fingerprint density at radius 3 is 2.60 bits per heavy atom. The Morgan fingerprint density at radius 1 is 1.09 bits per heavy atom. The summed E-state index contributed by atoms with van der Waals surface area (Å²) in [5.74, 6) is 1.70. The molecule has 0 spiro atoms. The van der Waals surface area contributed by atoms with Crippen LogP contribution in [0.3, 0.4) is 0 Å². The number of methoxy groups -OCH3 is 2. The molecule has 1 aliphatic rings. The molecule has 3 amide bonds. The molecule has 0 saturated heterocycles. The van der Waals surface area contributed by atoms with Gasteiger partial charge in [0.25, 0.3) is 0 Å². The third-order valence-electron chi connectivity index (χ3n) is 6.60. The molecule has 1 aliphatic heterocycles. The van der Waals surface area contributed by atoms with Crippen LogP contribution in [0.5, 0.6) is 11.5 Å². The first-order valence-corrected chi connectivity index (χ1v) is 12.0. The third-order valence-corrected chi connectivity index (χ3v) is 6.60. The van der Waals surface area contributed by atoms with Crippen LogP contribution in [0.1, 0.15) is 25.8 Å². The van der Waals surface area contributed by atoms with Crippen molar-refractivity contribution >= 4 is 28.9 Å². The minimum absolute atomic E-state index is 0.0264. The van der Waals surface area contributed by atoms with E-state index in [0.717, 1.165) is 23.0 Å². The van der Waals surface area contributed by atoms with Crippen LogP contribution in [-0.2, 0) is 17.8 Å². The Labute approximate surface area is 205 Å². The number of aromatic nitrogens is 2. The molecule has 186 valence electrons. The molecule has 2 N–H and O–H groups in total. The summed E-state index contributed by atoms with van der Waals surface area (Å²) in [5, 5.41) is 5.95. The van der Waals surface area contributed by atoms with E-state index in [4.69, 9.17) is 9.47 Å². The van der Waals surface area contributed by atoms with Gasteiger partial charge in [0.1, 0.15) is 6.04 Å². The normalized spacial score (nSPS) is 14.3. The third kappa shape index (κ3) is 5.03. The van der Waals surface area contributed by atoms with Crippen LogP contribution in [0, 0.1) is 5.92 Å². The van der Waals surface area contributed by atoms with Gasteiger partial charge in [0, 0.05) is 19.6 Å². The van der Waals surface area contributed by atoms with Crippen molar-refractivity contribution < 1.29 is 19.1 Å². The zero-order chi connectivity index (χ0) is 24.9. The highest BCUT2D eigenvalue weighted by molar-refractivity contribution is 5.96. The lowest BCUT2D eigenvalue weighted by Crippen LogP contribution is -2.54. The van der Waals surface area contributed by atoms with Crippen molar-refractivity contribution in [1.29, 1.82) is 0 Å². The van der Waals surface area contributed by atoms with Gasteiger partial charge in [-0.3, -0.25) is 9.69 Å². The van der Waals surface area contributed by atoms with Gasteiger partial charge in [0.05, 0.1) is 25.3 Å². The second-order valence-corrected chi connectivity index (χ2v) is 8.75. The number of fused-ring (bicyclic) bond motifs is 3. The van der Waals surface area contributed by atoms with E-state index in [-0.39, 0.29) is 17.9 Å². The number of ether oxygens (including phenoxy) is 2. The van der Waals surface area contributed by atoms with Crippen LogP contribution >= 0.6 is 0 Å². The zero-order valence-corrected chi connectivity index (χ0v) is 20.7. The fourth-order valence-electron chi connectivity index (χ4n) is 4.37. The van der Waals surface area contributed by atoms with Crippen molar-refractivity contribution in [3.63, 3.8) is 0 Å². The first-order chi connectivity index (χ1) is 17.0. The van der Waals surface area contributed by atoms with Crippen LogP contribution in [0.25, 0.3) is 11.0 Å². The van der Waals surface area contributed by atoms with Crippen LogP contribution < -0.4 is 25.0 Å². The number of carbonyl (C=O) groups excluding carboxylic acids is 2. The molecule has 0 radical (unpaired) electrons. The molecule has 0 bridgehead atoms. The van der Waals surface area contributed by atoms with Crippen molar-refractivity contribution in [3.05, 3.63) is 48.0 Å². The van der Waals surface area contributed by atoms with Gasteiger partial charge in [-0.1, -0.05) is 38.5 Å². The molecule has 2 atom stereocenters. The minimum atomic E-state index is -0.642. The zero-order valence-electron chi connectivity index (χ0n) is 20.7. The van der Waals surface area contributed by atoms with E-state index in [0.29, 0.717) is 43.5 Å². The molecular formula is C26H33N5O4. The van der Waals surface area contributed by atoms with Gasteiger partial charge in [-0.25, -0.2) is 9.78 Å². The number of rotatable bonds is 9. The topological polar surface area (TPSA) is 97.7 Å². The second-order valence-electron chi connectivity index (χ2n) is 8.75. The van der Waals surface area contributed by atoms with Gasteiger partial charge in [0.2, 0.25) is 11.9 Å². The van der Waals surface area contributed by atoms with Gasteiger partial charge in [-0.15, -0.1) is 0 Å². The summed E-state index contributed by atoms with van der Waals surface area (Å²) < 4.78 is 12.7. The lowest BCUT2D eigenvalue weighted by atomic mass is 9.98. The summed E-state index contributed by atoms with van der Waals surface area (Å²) in [6.07, 6.45) is 1.38. The van der Waals surface area contributed by atoms with E-state index in [9.17, 15) is 9.59 Å². The predicted molar refractivity (Wildman–Crippen MR) is 135 cm³/mol. The maximum atomic E-state index is 13.2. The Balaban J connectivity index is 1.40. The monoisotopic (exact) mass is 479 g/mol. The first kappa shape index (κ1) is 24.4. The summed E-state index contributed by atoms with van der Waals surface area (Å²) in [6, 6.07) is 12.6. The van der Waals surface area contributed by atoms with E-state index in [2.05, 4.69) is 15.6 Å². The minimum Gasteiger partial charge on any atom is -0.493 e. The number of para-hydroxylation sites is 2. The summed E-state index contributed by atoms with van der Waals surface area (Å²) >= 11 is 0. The van der Waals surface area contributed by atoms with E-state index in [1.165, 1.54) is 0 Å². The number of imidazole rings is 1. The fraction of sp³-hybridized carbons (Fsp3) is 0.423. The van der Waals surface area contributed by atoms with E-state index in [1.807, 2.05) is 60.9 Å². The molecule has 9 nitrogen and oxygen atoms in total. The molecule has 0 fully saturated rings. The van der Waals surface area contributed by atoms with Crippen LogP contribution in [0.4, 0.5) is 10.7 Å². The SMILES string of the molecule is CC[C@@H](C)[C@H](NC(=O)N1CCn2c1nc1ccccc12)C(=O)NCCc1ccc(OC)c(OC)c1. The number of anilines is 1. The number of nitrogens with one attached hydrogen (secondary N) is 2. The highest BCUT2D eigenvalue weighted by Crippen LogP contribution is 2.28. The molecule has 1 aromatic heterocycles. The maximum Gasteiger partial charge on any atom is 0.324 e. The van der Waals surface area contributed by atoms with E-state index >= 15 is 0 Å². The van der Waals surface area contributed by atoms with Crippen molar-refractivity contribution in [3.8, 4) is 11.5 Å². The molecule has 2 aromatic carbocycles. The van der Waals surface area contributed by atoms with E-state index in [1.54, 1.807) is 19.1 Å². The number of urea groups is 1. The Morgan fingerprint density at radius 2 is 1.86 bits per heavy atom. The number of benzene rings is 2. The highest BCUT2D eigenvalue weighted by atomic mass is 16.5. The van der Waals surface area contributed by atoms with Gasteiger partial charge < -0.3 is 24.7 Å². The summed E-state index contributed by atoms with van der Waals surface area (Å²) in [7, 11) is 3.19. The lowest BCUT2D eigenvalue weighted by molar-refractivity contribution is -0.124. The molecule has 2 heterocycles. The maximum absolute atomic E-state index is 13.2. The van der Waals surface area contributed by atoms with Crippen LogP contribution in [0.2, 0.25) is 0 Å². The fourth-order valence-corrected chi connectivity index (χ4v) is 4.37. The molecule has 3 aromatic rings. The van der Waals surface area contributed by atoms with Crippen LogP contribution in [-0.4, -0.2) is 54.8 Å². The number of hydrogen-bond donors (Lipinski definition) is 2. The van der Waals surface area contributed by atoms with Gasteiger partial charge in [-0.2, -0.15) is 0 Å². The molecule has 9 heteroatoms. The summed E-state index contributed by atoms with van der Waals surface area (Å²) in [5.41, 5.74) is 2.87. The largest absolute Gasteiger partial charge is 0.493 e. The standard InChI is InChI=1S/C26H33N5O4/c1-5-17(2)23(24(32)27-13-12-18-10-11-21(34-3)22(16-18)35-4)29-26(33)31-15-14-30-20-9-7-6-8-19(20)28-25(30)31/h6-11,16-17,23H,5,12-15H2,1-4H3,(H,27,32)(H,29,33)/t17-,23+/m1/s1. The second kappa shape index (κ2) is 10.7. The predicted octanol–water partition coefficient (Wildman–Crippen LogP) is 3.36. The highest BCUT2D eigenvalue weighted by Gasteiger charge is 2.32. The Kier molecular flexibility index (Phi) is 7.43. The van der Waals surface area contributed by atoms with Gasteiger partial charge in [0.15, 0.2) is 11.5 Å². The van der Waals surface area contributed by atoms with Gasteiger partial charge in [-0.05, 0) is 42.2 Å².